The lowest BCUT2D eigenvalue weighted by molar-refractivity contribution is -0.139. The number of hydrogen-bond acceptors (Lipinski definition) is 3. The van der Waals surface area contributed by atoms with Gasteiger partial charge in [-0.05, 0) is 41.0 Å². The molecule has 0 aliphatic carbocycles. The summed E-state index contributed by atoms with van der Waals surface area (Å²) in [4.78, 5) is 27.7. The number of likely N-dealkylation sites (N-methyl/N-ethyl adjacent to an activating group) is 1. The number of thioether (sulfide) groups is 1. The van der Waals surface area contributed by atoms with E-state index in [1.54, 1.807) is 36.2 Å². The van der Waals surface area contributed by atoms with Crippen LogP contribution in [0, 0.1) is 11.6 Å². The van der Waals surface area contributed by atoms with Gasteiger partial charge >= 0.3 is 0 Å². The minimum Gasteiger partial charge on any atom is -0.357 e. The third-order valence-electron chi connectivity index (χ3n) is 5.19. The minimum atomic E-state index is -0.721. The first-order chi connectivity index (χ1) is 16.0. The van der Waals surface area contributed by atoms with Crippen LogP contribution in [0.2, 0.25) is 0 Å². The van der Waals surface area contributed by atoms with E-state index < -0.39 is 6.04 Å². The van der Waals surface area contributed by atoms with Gasteiger partial charge in [-0.25, -0.2) is 8.78 Å². The second-order valence-corrected chi connectivity index (χ2v) is 8.57. The molecule has 0 saturated heterocycles. The second kappa shape index (κ2) is 12.2. The molecule has 7 heteroatoms. The molecule has 0 heterocycles. The fourth-order valence-corrected chi connectivity index (χ4v) is 4.30. The van der Waals surface area contributed by atoms with Crippen LogP contribution in [0.5, 0.6) is 0 Å². The first kappa shape index (κ1) is 24.5. The zero-order chi connectivity index (χ0) is 23.6. The largest absolute Gasteiger partial charge is 0.357 e. The molecule has 1 atom stereocenters. The van der Waals surface area contributed by atoms with Crippen LogP contribution >= 0.6 is 11.8 Å². The van der Waals surface area contributed by atoms with Gasteiger partial charge in [-0.3, -0.25) is 9.59 Å². The molecule has 33 heavy (non-hydrogen) atoms. The standard InChI is InChI=1S/C26H26F2N2O2S/c1-29-26(32)24(15-19-5-3-2-4-6-19)30(16-20-7-11-22(27)12-8-20)25(31)18-33-17-21-9-13-23(28)14-10-21/h2-14,24H,15-18H2,1H3,(H,29,32). The average Bonchev–Trinajstić information content (AvgIpc) is 2.83. The van der Waals surface area contributed by atoms with Crippen molar-refractivity contribution in [2.24, 2.45) is 0 Å². The highest BCUT2D eigenvalue weighted by molar-refractivity contribution is 7.99. The summed E-state index contributed by atoms with van der Waals surface area (Å²) in [6, 6.07) is 20.8. The first-order valence-electron chi connectivity index (χ1n) is 10.6. The Kier molecular flexibility index (Phi) is 9.01. The molecule has 3 rings (SSSR count). The van der Waals surface area contributed by atoms with Crippen molar-refractivity contribution < 1.29 is 18.4 Å². The van der Waals surface area contributed by atoms with Gasteiger partial charge in [0.2, 0.25) is 11.8 Å². The van der Waals surface area contributed by atoms with Crippen LogP contribution in [0.15, 0.2) is 78.9 Å². The molecule has 0 radical (unpaired) electrons. The van der Waals surface area contributed by atoms with Gasteiger partial charge in [0.25, 0.3) is 0 Å². The molecule has 3 aromatic rings. The Labute approximate surface area is 197 Å². The van der Waals surface area contributed by atoms with Crippen molar-refractivity contribution in [3.05, 3.63) is 107 Å². The molecule has 0 aromatic heterocycles. The number of hydrogen-bond donors (Lipinski definition) is 1. The molecule has 0 spiro atoms. The molecular weight excluding hydrogens is 442 g/mol. The minimum absolute atomic E-state index is 0.154. The van der Waals surface area contributed by atoms with E-state index >= 15 is 0 Å². The maximum Gasteiger partial charge on any atom is 0.242 e. The van der Waals surface area contributed by atoms with Crippen LogP contribution in [0.1, 0.15) is 16.7 Å². The van der Waals surface area contributed by atoms with E-state index in [2.05, 4.69) is 5.32 Å². The van der Waals surface area contributed by atoms with Crippen molar-refractivity contribution in [2.45, 2.75) is 24.8 Å². The van der Waals surface area contributed by atoms with E-state index in [1.807, 2.05) is 30.3 Å². The molecule has 172 valence electrons. The number of nitrogens with zero attached hydrogens (tertiary/aromatic N) is 1. The summed E-state index contributed by atoms with van der Waals surface area (Å²) < 4.78 is 26.5. The fraction of sp³-hybridized carbons (Fsp3) is 0.231. The van der Waals surface area contributed by atoms with Gasteiger partial charge < -0.3 is 10.2 Å². The summed E-state index contributed by atoms with van der Waals surface area (Å²) >= 11 is 1.40. The zero-order valence-electron chi connectivity index (χ0n) is 18.3. The molecule has 0 fully saturated rings. The normalized spacial score (nSPS) is 11.6. The number of benzene rings is 3. The first-order valence-corrected chi connectivity index (χ1v) is 11.7. The topological polar surface area (TPSA) is 49.4 Å². The SMILES string of the molecule is CNC(=O)C(Cc1ccccc1)N(Cc1ccc(F)cc1)C(=O)CSCc1ccc(F)cc1. The number of nitrogens with one attached hydrogen (secondary N) is 1. The number of amides is 2. The van der Waals surface area contributed by atoms with E-state index in [0.717, 1.165) is 16.7 Å². The Morgan fingerprint density at radius 3 is 2.00 bits per heavy atom. The summed E-state index contributed by atoms with van der Waals surface area (Å²) in [7, 11) is 1.55. The Bertz CT molecular complexity index is 1040. The lowest BCUT2D eigenvalue weighted by atomic mass is 10.0. The van der Waals surface area contributed by atoms with Crippen LogP contribution in [0.25, 0.3) is 0 Å². The second-order valence-electron chi connectivity index (χ2n) is 7.59. The Hall–Kier alpha value is -3.19. The highest BCUT2D eigenvalue weighted by Crippen LogP contribution is 2.19. The van der Waals surface area contributed by atoms with Gasteiger partial charge in [-0.2, -0.15) is 0 Å². The van der Waals surface area contributed by atoms with Crippen molar-refractivity contribution >= 4 is 23.6 Å². The Morgan fingerprint density at radius 1 is 0.848 bits per heavy atom. The van der Waals surface area contributed by atoms with Crippen LogP contribution in [-0.4, -0.2) is 35.6 Å². The molecule has 0 aliphatic rings. The van der Waals surface area contributed by atoms with Gasteiger partial charge in [-0.15, -0.1) is 11.8 Å². The third-order valence-corrected chi connectivity index (χ3v) is 6.18. The summed E-state index contributed by atoms with van der Waals surface area (Å²) in [5, 5.41) is 2.67. The van der Waals surface area contributed by atoms with Crippen LogP contribution in [0.3, 0.4) is 0 Å². The summed E-state index contributed by atoms with van der Waals surface area (Å²) in [5.74, 6) is -0.437. The molecule has 1 unspecified atom stereocenters. The van der Waals surface area contributed by atoms with Crippen molar-refractivity contribution in [3.63, 3.8) is 0 Å². The van der Waals surface area contributed by atoms with E-state index in [4.69, 9.17) is 0 Å². The predicted octanol–water partition coefficient (Wildman–Crippen LogP) is 4.58. The molecular formula is C26H26F2N2O2S. The van der Waals surface area contributed by atoms with Crippen molar-refractivity contribution in [2.75, 3.05) is 12.8 Å². The number of rotatable bonds is 10. The number of carbonyl (C=O) groups is 2. The lowest BCUT2D eigenvalue weighted by Gasteiger charge is -2.31. The van der Waals surface area contributed by atoms with Crippen LogP contribution in [-0.2, 0) is 28.3 Å². The predicted molar refractivity (Wildman–Crippen MR) is 128 cm³/mol. The van der Waals surface area contributed by atoms with E-state index in [0.29, 0.717) is 12.2 Å². The zero-order valence-corrected chi connectivity index (χ0v) is 19.2. The molecule has 0 aliphatic heterocycles. The van der Waals surface area contributed by atoms with Crippen LogP contribution < -0.4 is 5.32 Å². The summed E-state index contributed by atoms with van der Waals surface area (Å²) in [6.07, 6.45) is 0.357. The van der Waals surface area contributed by atoms with Crippen LogP contribution in [0.4, 0.5) is 8.78 Å². The highest BCUT2D eigenvalue weighted by atomic mass is 32.2. The molecule has 0 bridgehead atoms. The molecule has 2 amide bonds. The van der Waals surface area contributed by atoms with Gasteiger partial charge in [0.15, 0.2) is 0 Å². The molecule has 3 aromatic carbocycles. The van der Waals surface area contributed by atoms with Gasteiger partial charge in [0, 0.05) is 25.8 Å². The van der Waals surface area contributed by atoms with E-state index in [-0.39, 0.29) is 35.7 Å². The van der Waals surface area contributed by atoms with E-state index in [9.17, 15) is 18.4 Å². The number of carbonyl (C=O) groups excluding carboxylic acids is 2. The Balaban J connectivity index is 1.79. The van der Waals surface area contributed by atoms with Gasteiger partial charge in [0.1, 0.15) is 17.7 Å². The van der Waals surface area contributed by atoms with Gasteiger partial charge in [0.05, 0.1) is 5.75 Å². The maximum absolute atomic E-state index is 13.4. The lowest BCUT2D eigenvalue weighted by Crippen LogP contribution is -2.50. The summed E-state index contributed by atoms with van der Waals surface area (Å²) in [5.41, 5.74) is 2.57. The fourth-order valence-electron chi connectivity index (χ4n) is 3.43. The number of halogens is 2. The molecule has 0 saturated carbocycles. The monoisotopic (exact) mass is 468 g/mol. The van der Waals surface area contributed by atoms with Gasteiger partial charge in [-0.1, -0.05) is 54.6 Å². The summed E-state index contributed by atoms with van der Waals surface area (Å²) in [6.45, 7) is 0.182. The van der Waals surface area contributed by atoms with Crippen molar-refractivity contribution in [1.82, 2.24) is 10.2 Å². The maximum atomic E-state index is 13.4. The van der Waals surface area contributed by atoms with E-state index in [1.165, 1.54) is 36.0 Å². The Morgan fingerprint density at radius 2 is 1.42 bits per heavy atom. The third kappa shape index (κ3) is 7.43. The smallest absolute Gasteiger partial charge is 0.242 e. The van der Waals surface area contributed by atoms with Crippen molar-refractivity contribution in [1.29, 1.82) is 0 Å². The molecule has 4 nitrogen and oxygen atoms in total. The highest BCUT2D eigenvalue weighted by Gasteiger charge is 2.29. The quantitative estimate of drug-likeness (QED) is 0.474. The average molecular weight is 469 g/mol. The van der Waals surface area contributed by atoms with Crippen molar-refractivity contribution in [3.8, 4) is 0 Å². The molecule has 1 N–H and O–H groups in total.